The maximum absolute atomic E-state index is 5.24. The molecule has 0 N–H and O–H groups in total. The lowest BCUT2D eigenvalue weighted by molar-refractivity contribution is 0.415. The first-order valence-electron chi connectivity index (χ1n) is 7.32. The number of para-hydroxylation sites is 2. The molecule has 0 radical (unpaired) electrons. The summed E-state index contributed by atoms with van der Waals surface area (Å²) in [6, 6.07) is 27.0. The van der Waals surface area contributed by atoms with E-state index in [0.29, 0.717) is 0 Å². The number of rotatable bonds is 4. The van der Waals surface area contributed by atoms with E-state index >= 15 is 0 Å². The second-order valence-electron chi connectivity index (χ2n) is 5.14. The number of nitrogens with zero attached hydrogens (tertiary/aromatic N) is 1. The van der Waals surface area contributed by atoms with Gasteiger partial charge in [-0.2, -0.15) is 0 Å². The van der Waals surface area contributed by atoms with Crippen molar-refractivity contribution in [2.45, 2.75) is 0 Å². The van der Waals surface area contributed by atoms with Crippen molar-refractivity contribution in [1.82, 2.24) is 0 Å². The molecule has 0 spiro atoms. The van der Waals surface area contributed by atoms with Crippen LogP contribution in [-0.4, -0.2) is 14.2 Å². The highest BCUT2D eigenvalue weighted by Crippen LogP contribution is 2.34. The van der Waals surface area contributed by atoms with Gasteiger partial charge >= 0.3 is 0 Å². The fourth-order valence-corrected chi connectivity index (χ4v) is 2.57. The number of benzene rings is 3. The lowest BCUT2D eigenvalue weighted by atomic mass is 10.0. The third-order valence-corrected chi connectivity index (χ3v) is 3.81. The number of hydrogen-bond acceptors (Lipinski definition) is 2. The van der Waals surface area contributed by atoms with Gasteiger partial charge in [0.1, 0.15) is 5.75 Å². The minimum atomic E-state index is 0.873. The van der Waals surface area contributed by atoms with Crippen LogP contribution in [0.1, 0.15) is 0 Å². The predicted octanol–water partition coefficient (Wildman–Crippen LogP) is 5.13. The quantitative estimate of drug-likeness (QED) is 0.660. The zero-order valence-electron chi connectivity index (χ0n) is 12.9. The van der Waals surface area contributed by atoms with Crippen molar-refractivity contribution in [1.29, 1.82) is 0 Å². The molecule has 0 atom stereocenters. The van der Waals surface area contributed by atoms with Gasteiger partial charge in [-0.1, -0.05) is 48.5 Å². The Balaban J connectivity index is 2.02. The van der Waals surface area contributed by atoms with Crippen LogP contribution in [0.5, 0.6) is 5.75 Å². The minimum absolute atomic E-state index is 0.873. The van der Waals surface area contributed by atoms with Gasteiger partial charge in [0.25, 0.3) is 0 Å². The van der Waals surface area contributed by atoms with Crippen molar-refractivity contribution >= 4 is 11.4 Å². The van der Waals surface area contributed by atoms with Crippen LogP contribution in [0.25, 0.3) is 11.1 Å². The first-order valence-corrected chi connectivity index (χ1v) is 7.32. The molecular weight excluding hydrogens is 270 g/mol. The molecular formula is C20H19NO. The summed E-state index contributed by atoms with van der Waals surface area (Å²) < 4.78 is 5.24. The number of ether oxygens (including phenoxy) is 1. The van der Waals surface area contributed by atoms with Crippen molar-refractivity contribution in [3.63, 3.8) is 0 Å². The molecule has 0 amide bonds. The summed E-state index contributed by atoms with van der Waals surface area (Å²) >= 11 is 0. The fourth-order valence-electron chi connectivity index (χ4n) is 2.57. The smallest absolute Gasteiger partial charge is 0.118 e. The van der Waals surface area contributed by atoms with Crippen LogP contribution in [-0.2, 0) is 0 Å². The van der Waals surface area contributed by atoms with E-state index < -0.39 is 0 Å². The van der Waals surface area contributed by atoms with E-state index in [4.69, 9.17) is 4.74 Å². The Morgan fingerprint density at radius 3 is 2.05 bits per heavy atom. The fraction of sp³-hybridized carbons (Fsp3) is 0.100. The van der Waals surface area contributed by atoms with E-state index in [0.717, 1.165) is 5.75 Å². The molecule has 0 fully saturated rings. The van der Waals surface area contributed by atoms with Gasteiger partial charge in [0.05, 0.1) is 7.11 Å². The SMILES string of the molecule is COc1ccc(-c2ccccc2N(C)c2ccccc2)cc1. The van der Waals surface area contributed by atoms with Crippen molar-refractivity contribution in [2.24, 2.45) is 0 Å². The van der Waals surface area contributed by atoms with E-state index in [9.17, 15) is 0 Å². The monoisotopic (exact) mass is 289 g/mol. The van der Waals surface area contributed by atoms with E-state index in [1.165, 1.54) is 22.5 Å². The largest absolute Gasteiger partial charge is 0.497 e. The second kappa shape index (κ2) is 6.35. The van der Waals surface area contributed by atoms with Crippen LogP contribution in [0.3, 0.4) is 0 Å². The highest BCUT2D eigenvalue weighted by Gasteiger charge is 2.10. The van der Waals surface area contributed by atoms with Gasteiger partial charge in [-0.05, 0) is 35.9 Å². The first-order chi connectivity index (χ1) is 10.8. The third kappa shape index (κ3) is 2.82. The maximum Gasteiger partial charge on any atom is 0.118 e. The Kier molecular flexibility index (Phi) is 4.10. The van der Waals surface area contributed by atoms with Gasteiger partial charge in [-0.3, -0.25) is 0 Å². The number of hydrogen-bond donors (Lipinski definition) is 0. The molecule has 22 heavy (non-hydrogen) atoms. The Labute approximate surface area is 131 Å². The lowest BCUT2D eigenvalue weighted by Gasteiger charge is -2.23. The van der Waals surface area contributed by atoms with E-state index in [2.05, 4.69) is 72.6 Å². The van der Waals surface area contributed by atoms with Gasteiger partial charge in [0.2, 0.25) is 0 Å². The molecule has 0 bridgehead atoms. The molecule has 2 nitrogen and oxygen atoms in total. The summed E-state index contributed by atoms with van der Waals surface area (Å²) in [7, 11) is 3.78. The maximum atomic E-state index is 5.24. The van der Waals surface area contributed by atoms with Gasteiger partial charge < -0.3 is 9.64 Å². The molecule has 0 aliphatic rings. The molecule has 0 heterocycles. The predicted molar refractivity (Wildman–Crippen MR) is 92.9 cm³/mol. The van der Waals surface area contributed by atoms with Crippen molar-refractivity contribution in [2.75, 3.05) is 19.1 Å². The summed E-state index contributed by atoms with van der Waals surface area (Å²) in [4.78, 5) is 2.21. The summed E-state index contributed by atoms with van der Waals surface area (Å²) in [6.45, 7) is 0. The van der Waals surface area contributed by atoms with Crippen LogP contribution >= 0.6 is 0 Å². The average molecular weight is 289 g/mol. The molecule has 3 aromatic carbocycles. The molecule has 2 heteroatoms. The van der Waals surface area contributed by atoms with Crippen LogP contribution in [0.2, 0.25) is 0 Å². The summed E-state index contributed by atoms with van der Waals surface area (Å²) in [6.07, 6.45) is 0. The molecule has 3 rings (SSSR count). The summed E-state index contributed by atoms with van der Waals surface area (Å²) in [5, 5.41) is 0. The minimum Gasteiger partial charge on any atom is -0.497 e. The van der Waals surface area contributed by atoms with E-state index in [-0.39, 0.29) is 0 Å². The van der Waals surface area contributed by atoms with Gasteiger partial charge in [0.15, 0.2) is 0 Å². The molecule has 0 aromatic heterocycles. The topological polar surface area (TPSA) is 12.5 Å². The van der Waals surface area contributed by atoms with E-state index in [1.54, 1.807) is 7.11 Å². The Morgan fingerprint density at radius 1 is 0.727 bits per heavy atom. The Bertz CT molecular complexity index is 735. The highest BCUT2D eigenvalue weighted by molar-refractivity contribution is 5.82. The third-order valence-electron chi connectivity index (χ3n) is 3.81. The number of anilines is 2. The standard InChI is InChI=1S/C20H19NO/c1-21(17-8-4-3-5-9-17)20-11-7-6-10-19(20)16-12-14-18(22-2)15-13-16/h3-15H,1-2H3. The molecule has 3 aromatic rings. The Hall–Kier alpha value is -2.74. The molecule has 0 aliphatic heterocycles. The molecule has 0 aliphatic carbocycles. The van der Waals surface area contributed by atoms with Crippen molar-refractivity contribution < 1.29 is 4.74 Å². The van der Waals surface area contributed by atoms with Crippen LogP contribution in [0.4, 0.5) is 11.4 Å². The molecule has 110 valence electrons. The van der Waals surface area contributed by atoms with Crippen molar-refractivity contribution in [3.05, 3.63) is 78.9 Å². The van der Waals surface area contributed by atoms with E-state index in [1.807, 2.05) is 18.2 Å². The van der Waals surface area contributed by atoms with Gasteiger partial charge in [-0.15, -0.1) is 0 Å². The normalized spacial score (nSPS) is 10.3. The first kappa shape index (κ1) is 14.2. The van der Waals surface area contributed by atoms with Crippen molar-refractivity contribution in [3.8, 4) is 16.9 Å². The van der Waals surface area contributed by atoms with Gasteiger partial charge in [-0.25, -0.2) is 0 Å². The van der Waals surface area contributed by atoms with Gasteiger partial charge in [0, 0.05) is 24.0 Å². The average Bonchev–Trinajstić information content (AvgIpc) is 2.62. The van der Waals surface area contributed by atoms with Crippen LogP contribution in [0, 0.1) is 0 Å². The second-order valence-corrected chi connectivity index (χ2v) is 5.14. The zero-order valence-corrected chi connectivity index (χ0v) is 12.9. The number of methoxy groups -OCH3 is 1. The summed E-state index contributed by atoms with van der Waals surface area (Å²) in [5.74, 6) is 0.873. The Morgan fingerprint density at radius 2 is 1.36 bits per heavy atom. The molecule has 0 unspecified atom stereocenters. The van der Waals surface area contributed by atoms with Crippen LogP contribution < -0.4 is 9.64 Å². The van der Waals surface area contributed by atoms with Crippen LogP contribution in [0.15, 0.2) is 78.9 Å². The summed E-state index contributed by atoms with van der Waals surface area (Å²) in [5.41, 5.74) is 4.73. The lowest BCUT2D eigenvalue weighted by Crippen LogP contribution is -2.10. The molecule has 0 saturated carbocycles. The molecule has 0 saturated heterocycles. The highest BCUT2D eigenvalue weighted by atomic mass is 16.5. The zero-order chi connectivity index (χ0) is 15.4.